The molecule has 0 bridgehead atoms. The Morgan fingerprint density at radius 3 is 2.80 bits per heavy atom. The Morgan fingerprint density at radius 1 is 1.53 bits per heavy atom. The lowest BCUT2D eigenvalue weighted by atomic mass is 10.3. The van der Waals surface area contributed by atoms with Crippen molar-refractivity contribution < 1.29 is 4.74 Å². The quantitative estimate of drug-likeness (QED) is 0.549. The SMILES string of the molecule is COCC(C)Nc1ncnc(NN)c1Br. The Hall–Kier alpha value is -0.920. The van der Waals surface area contributed by atoms with Crippen LogP contribution < -0.4 is 16.6 Å². The summed E-state index contributed by atoms with van der Waals surface area (Å²) in [6.07, 6.45) is 1.43. The molecule has 0 radical (unpaired) electrons. The third kappa shape index (κ3) is 3.29. The van der Waals surface area contributed by atoms with E-state index in [0.29, 0.717) is 22.7 Å². The number of nitrogens with one attached hydrogen (secondary N) is 2. The molecule has 0 saturated carbocycles. The molecule has 84 valence electrons. The van der Waals surface area contributed by atoms with E-state index in [2.05, 4.69) is 36.6 Å². The second-order valence-electron chi connectivity index (χ2n) is 3.03. The highest BCUT2D eigenvalue weighted by atomic mass is 79.9. The standard InChI is InChI=1S/C8H14BrN5O/c1-5(3-15-2)13-7-6(9)8(14-10)12-4-11-7/h4-5H,3,10H2,1-2H3,(H2,11,12,13,14). The summed E-state index contributed by atoms with van der Waals surface area (Å²) >= 11 is 3.35. The van der Waals surface area contributed by atoms with Crippen LogP contribution in [0, 0.1) is 0 Å². The summed E-state index contributed by atoms with van der Waals surface area (Å²) in [6.45, 7) is 2.59. The van der Waals surface area contributed by atoms with Crippen molar-refractivity contribution in [3.63, 3.8) is 0 Å². The Labute approximate surface area is 96.7 Å². The molecule has 7 heteroatoms. The number of ether oxygens (including phenoxy) is 1. The van der Waals surface area contributed by atoms with E-state index < -0.39 is 0 Å². The molecule has 15 heavy (non-hydrogen) atoms. The van der Waals surface area contributed by atoms with E-state index in [0.717, 1.165) is 0 Å². The predicted molar refractivity (Wildman–Crippen MR) is 62.5 cm³/mol. The monoisotopic (exact) mass is 275 g/mol. The highest BCUT2D eigenvalue weighted by Gasteiger charge is 2.09. The highest BCUT2D eigenvalue weighted by Crippen LogP contribution is 2.25. The molecule has 6 nitrogen and oxygen atoms in total. The summed E-state index contributed by atoms with van der Waals surface area (Å²) in [5, 5.41) is 3.17. The third-order valence-corrected chi connectivity index (χ3v) is 2.48. The van der Waals surface area contributed by atoms with Crippen LogP contribution in [0.3, 0.4) is 0 Å². The lowest BCUT2D eigenvalue weighted by Crippen LogP contribution is -2.22. The summed E-state index contributed by atoms with van der Waals surface area (Å²) in [6, 6.07) is 0.159. The number of hydrogen-bond acceptors (Lipinski definition) is 6. The van der Waals surface area contributed by atoms with Crippen LogP contribution in [0.2, 0.25) is 0 Å². The van der Waals surface area contributed by atoms with Gasteiger partial charge in [0.1, 0.15) is 16.6 Å². The molecule has 0 aliphatic carbocycles. The first-order valence-electron chi connectivity index (χ1n) is 4.41. The maximum absolute atomic E-state index is 5.29. The molecule has 0 aromatic carbocycles. The van der Waals surface area contributed by atoms with Gasteiger partial charge in [0.15, 0.2) is 5.82 Å². The fraction of sp³-hybridized carbons (Fsp3) is 0.500. The van der Waals surface area contributed by atoms with Gasteiger partial charge in [0.25, 0.3) is 0 Å². The summed E-state index contributed by atoms with van der Waals surface area (Å²) in [7, 11) is 1.65. The molecule has 1 aromatic heterocycles. The predicted octanol–water partition coefficient (Wildman–Crippen LogP) is 0.972. The van der Waals surface area contributed by atoms with Gasteiger partial charge >= 0.3 is 0 Å². The zero-order valence-corrected chi connectivity index (χ0v) is 10.2. The van der Waals surface area contributed by atoms with E-state index in [1.807, 2.05) is 6.92 Å². The minimum Gasteiger partial charge on any atom is -0.383 e. The molecule has 0 saturated heterocycles. The van der Waals surface area contributed by atoms with E-state index in [1.165, 1.54) is 6.33 Å². The van der Waals surface area contributed by atoms with Gasteiger partial charge in [-0.2, -0.15) is 0 Å². The van der Waals surface area contributed by atoms with Gasteiger partial charge in [-0.05, 0) is 22.9 Å². The number of nitrogens with zero attached hydrogens (tertiary/aromatic N) is 2. The Bertz CT molecular complexity index is 322. The van der Waals surface area contributed by atoms with E-state index in [-0.39, 0.29) is 6.04 Å². The van der Waals surface area contributed by atoms with Gasteiger partial charge in [-0.1, -0.05) is 0 Å². The van der Waals surface area contributed by atoms with Crippen LogP contribution in [0.5, 0.6) is 0 Å². The third-order valence-electron chi connectivity index (χ3n) is 1.73. The zero-order chi connectivity index (χ0) is 11.3. The number of halogens is 1. The number of methoxy groups -OCH3 is 1. The van der Waals surface area contributed by atoms with Crippen molar-refractivity contribution in [1.82, 2.24) is 9.97 Å². The van der Waals surface area contributed by atoms with Crippen molar-refractivity contribution in [3.8, 4) is 0 Å². The van der Waals surface area contributed by atoms with Crippen molar-refractivity contribution in [2.75, 3.05) is 24.5 Å². The van der Waals surface area contributed by atoms with Crippen molar-refractivity contribution >= 4 is 27.6 Å². The molecule has 1 unspecified atom stereocenters. The minimum atomic E-state index is 0.159. The molecule has 0 spiro atoms. The first-order chi connectivity index (χ1) is 7.19. The molecule has 1 atom stereocenters. The van der Waals surface area contributed by atoms with Crippen LogP contribution in [0.1, 0.15) is 6.92 Å². The maximum atomic E-state index is 5.29. The normalized spacial score (nSPS) is 12.3. The molecule has 0 amide bonds. The lowest BCUT2D eigenvalue weighted by molar-refractivity contribution is 0.190. The van der Waals surface area contributed by atoms with Gasteiger partial charge in [0.05, 0.1) is 6.61 Å². The van der Waals surface area contributed by atoms with Crippen molar-refractivity contribution in [2.24, 2.45) is 5.84 Å². The Balaban J connectivity index is 2.76. The molecular formula is C8H14BrN5O. The molecule has 0 fully saturated rings. The van der Waals surface area contributed by atoms with Crippen molar-refractivity contribution in [1.29, 1.82) is 0 Å². The van der Waals surface area contributed by atoms with Gasteiger partial charge < -0.3 is 15.5 Å². The van der Waals surface area contributed by atoms with Crippen molar-refractivity contribution in [3.05, 3.63) is 10.8 Å². The molecule has 0 aliphatic heterocycles. The Morgan fingerprint density at radius 2 is 2.20 bits per heavy atom. The summed E-state index contributed by atoms with van der Waals surface area (Å²) < 4.78 is 5.71. The van der Waals surface area contributed by atoms with Crippen LogP contribution >= 0.6 is 15.9 Å². The second-order valence-corrected chi connectivity index (χ2v) is 3.82. The average molecular weight is 276 g/mol. The second kappa shape index (κ2) is 5.84. The van der Waals surface area contributed by atoms with Gasteiger partial charge in [0.2, 0.25) is 0 Å². The first kappa shape index (κ1) is 12.2. The molecule has 1 heterocycles. The Kier molecular flexibility index (Phi) is 4.73. The number of nitrogens with two attached hydrogens (primary N) is 1. The van der Waals surface area contributed by atoms with Crippen LogP contribution in [0.15, 0.2) is 10.8 Å². The van der Waals surface area contributed by atoms with E-state index >= 15 is 0 Å². The fourth-order valence-electron chi connectivity index (χ4n) is 1.10. The van der Waals surface area contributed by atoms with Crippen LogP contribution in [-0.2, 0) is 4.74 Å². The van der Waals surface area contributed by atoms with E-state index in [4.69, 9.17) is 10.6 Å². The number of nitrogen functional groups attached to an aromatic ring is 1. The molecular weight excluding hydrogens is 262 g/mol. The summed E-state index contributed by atoms with van der Waals surface area (Å²) in [5.41, 5.74) is 2.47. The number of rotatable bonds is 5. The fourth-order valence-corrected chi connectivity index (χ4v) is 1.53. The summed E-state index contributed by atoms with van der Waals surface area (Å²) in [5.74, 6) is 6.51. The van der Waals surface area contributed by atoms with Crippen LogP contribution in [0.25, 0.3) is 0 Å². The molecule has 1 aromatic rings. The van der Waals surface area contributed by atoms with Gasteiger partial charge in [-0.15, -0.1) is 0 Å². The molecule has 4 N–H and O–H groups in total. The lowest BCUT2D eigenvalue weighted by Gasteiger charge is -2.15. The van der Waals surface area contributed by atoms with Gasteiger partial charge in [0, 0.05) is 13.2 Å². The van der Waals surface area contributed by atoms with Gasteiger partial charge in [-0.25, -0.2) is 15.8 Å². The summed E-state index contributed by atoms with van der Waals surface area (Å²) in [4.78, 5) is 8.03. The number of anilines is 2. The van der Waals surface area contributed by atoms with Crippen LogP contribution in [0.4, 0.5) is 11.6 Å². The smallest absolute Gasteiger partial charge is 0.159 e. The molecule has 0 aliphatic rings. The van der Waals surface area contributed by atoms with Gasteiger partial charge in [-0.3, -0.25) is 0 Å². The number of hydrogen-bond donors (Lipinski definition) is 3. The maximum Gasteiger partial charge on any atom is 0.159 e. The van der Waals surface area contributed by atoms with Crippen LogP contribution in [-0.4, -0.2) is 29.7 Å². The highest BCUT2D eigenvalue weighted by molar-refractivity contribution is 9.10. The topological polar surface area (TPSA) is 85.1 Å². The van der Waals surface area contributed by atoms with E-state index in [9.17, 15) is 0 Å². The average Bonchev–Trinajstić information content (AvgIpc) is 2.21. The minimum absolute atomic E-state index is 0.159. The van der Waals surface area contributed by atoms with Crippen molar-refractivity contribution in [2.45, 2.75) is 13.0 Å². The first-order valence-corrected chi connectivity index (χ1v) is 5.21. The van der Waals surface area contributed by atoms with E-state index in [1.54, 1.807) is 7.11 Å². The largest absolute Gasteiger partial charge is 0.383 e. The number of hydrazine groups is 1. The number of aromatic nitrogens is 2. The molecule has 1 rings (SSSR count). The zero-order valence-electron chi connectivity index (χ0n) is 8.62.